The standard InChI is InChI=1S/C13H16O/c1-2-3-4-5-6-7-12-8-10-13(14)11-9-12/h3-4,6-11,14H,2,5H2,1H3. The van der Waals surface area contributed by atoms with Crippen molar-refractivity contribution in [3.63, 3.8) is 0 Å². The summed E-state index contributed by atoms with van der Waals surface area (Å²) in [5.41, 5.74) is 1.12. The van der Waals surface area contributed by atoms with Crippen LogP contribution in [0.1, 0.15) is 25.3 Å². The predicted octanol–water partition coefficient (Wildman–Crippen LogP) is 3.76. The van der Waals surface area contributed by atoms with Crippen molar-refractivity contribution < 1.29 is 5.11 Å². The molecule has 0 aliphatic rings. The first kappa shape index (κ1) is 10.6. The van der Waals surface area contributed by atoms with E-state index in [9.17, 15) is 0 Å². The maximum Gasteiger partial charge on any atom is 0.115 e. The van der Waals surface area contributed by atoms with Crippen molar-refractivity contribution in [2.45, 2.75) is 19.8 Å². The lowest BCUT2D eigenvalue weighted by atomic mass is 10.2. The lowest BCUT2D eigenvalue weighted by Gasteiger charge is -1.92. The quantitative estimate of drug-likeness (QED) is 0.713. The molecule has 1 nitrogen and oxygen atoms in total. The van der Waals surface area contributed by atoms with Gasteiger partial charge in [0.15, 0.2) is 0 Å². The highest BCUT2D eigenvalue weighted by molar-refractivity contribution is 5.50. The van der Waals surface area contributed by atoms with Crippen molar-refractivity contribution in [3.05, 3.63) is 48.1 Å². The molecule has 14 heavy (non-hydrogen) atoms. The first-order valence-corrected chi connectivity index (χ1v) is 4.93. The normalized spacial score (nSPS) is 11.5. The second-order valence-electron chi connectivity index (χ2n) is 3.11. The average molecular weight is 188 g/mol. The van der Waals surface area contributed by atoms with Gasteiger partial charge < -0.3 is 5.11 Å². The Bertz CT molecular complexity index is 307. The molecule has 0 atom stereocenters. The van der Waals surface area contributed by atoms with E-state index in [0.29, 0.717) is 5.75 Å². The van der Waals surface area contributed by atoms with Gasteiger partial charge in [-0.25, -0.2) is 0 Å². The van der Waals surface area contributed by atoms with Crippen LogP contribution in [0, 0.1) is 0 Å². The monoisotopic (exact) mass is 188 g/mol. The van der Waals surface area contributed by atoms with Crippen molar-refractivity contribution in [2.75, 3.05) is 0 Å². The van der Waals surface area contributed by atoms with Crippen LogP contribution in [-0.2, 0) is 0 Å². The molecule has 1 N–H and O–H groups in total. The summed E-state index contributed by atoms with van der Waals surface area (Å²) in [5.74, 6) is 0.313. The molecule has 0 heterocycles. The van der Waals surface area contributed by atoms with Gasteiger partial charge in [0.05, 0.1) is 0 Å². The van der Waals surface area contributed by atoms with Gasteiger partial charge in [0.25, 0.3) is 0 Å². The molecule has 1 aromatic carbocycles. The number of allylic oxidation sites excluding steroid dienone is 3. The molecule has 0 saturated heterocycles. The van der Waals surface area contributed by atoms with Crippen LogP contribution in [0.3, 0.4) is 0 Å². The molecular weight excluding hydrogens is 172 g/mol. The topological polar surface area (TPSA) is 20.2 Å². The second-order valence-corrected chi connectivity index (χ2v) is 3.11. The van der Waals surface area contributed by atoms with E-state index in [-0.39, 0.29) is 0 Å². The summed E-state index contributed by atoms with van der Waals surface area (Å²) in [4.78, 5) is 0. The van der Waals surface area contributed by atoms with Gasteiger partial charge in [-0.15, -0.1) is 0 Å². The van der Waals surface area contributed by atoms with Crippen molar-refractivity contribution in [1.82, 2.24) is 0 Å². The minimum Gasteiger partial charge on any atom is -0.508 e. The number of aromatic hydroxyl groups is 1. The lowest BCUT2D eigenvalue weighted by Crippen LogP contribution is -1.69. The third-order valence-corrected chi connectivity index (χ3v) is 1.88. The molecule has 0 spiro atoms. The zero-order chi connectivity index (χ0) is 10.2. The van der Waals surface area contributed by atoms with Crippen LogP contribution in [0.5, 0.6) is 5.75 Å². The molecule has 0 saturated carbocycles. The third-order valence-electron chi connectivity index (χ3n) is 1.88. The van der Waals surface area contributed by atoms with Gasteiger partial charge in [0.1, 0.15) is 5.75 Å². The molecule has 0 aromatic heterocycles. The summed E-state index contributed by atoms with van der Waals surface area (Å²) in [5, 5.41) is 9.06. The first-order valence-electron chi connectivity index (χ1n) is 4.93. The predicted molar refractivity (Wildman–Crippen MR) is 61.2 cm³/mol. The first-order chi connectivity index (χ1) is 6.83. The van der Waals surface area contributed by atoms with Crippen LogP contribution in [-0.4, -0.2) is 5.11 Å². The number of hydrogen-bond donors (Lipinski definition) is 1. The van der Waals surface area contributed by atoms with Gasteiger partial charge in [0.2, 0.25) is 0 Å². The Balaban J connectivity index is 2.44. The Morgan fingerprint density at radius 3 is 2.43 bits per heavy atom. The molecule has 0 unspecified atom stereocenters. The minimum absolute atomic E-state index is 0.313. The molecule has 0 aliphatic heterocycles. The fourth-order valence-corrected chi connectivity index (χ4v) is 1.13. The molecule has 1 heteroatoms. The van der Waals surface area contributed by atoms with Crippen LogP contribution < -0.4 is 0 Å². The molecule has 0 fully saturated rings. The molecule has 0 radical (unpaired) electrons. The zero-order valence-corrected chi connectivity index (χ0v) is 8.48. The number of benzene rings is 1. The van der Waals surface area contributed by atoms with Gasteiger partial charge >= 0.3 is 0 Å². The Kier molecular flexibility index (Phi) is 4.56. The van der Waals surface area contributed by atoms with Crippen molar-refractivity contribution in [1.29, 1.82) is 0 Å². The largest absolute Gasteiger partial charge is 0.508 e. The maximum atomic E-state index is 9.06. The van der Waals surface area contributed by atoms with E-state index in [0.717, 1.165) is 18.4 Å². The fraction of sp³-hybridized carbons (Fsp3) is 0.231. The Morgan fingerprint density at radius 1 is 1.07 bits per heavy atom. The van der Waals surface area contributed by atoms with Crippen molar-refractivity contribution >= 4 is 6.08 Å². The maximum absolute atomic E-state index is 9.06. The van der Waals surface area contributed by atoms with Crippen LogP contribution in [0.25, 0.3) is 6.08 Å². The smallest absolute Gasteiger partial charge is 0.115 e. The van der Waals surface area contributed by atoms with E-state index >= 15 is 0 Å². The molecule has 1 aromatic rings. The number of rotatable bonds is 4. The average Bonchev–Trinajstić information content (AvgIpc) is 2.21. The summed E-state index contributed by atoms with van der Waals surface area (Å²) >= 11 is 0. The summed E-state index contributed by atoms with van der Waals surface area (Å²) < 4.78 is 0. The summed E-state index contributed by atoms with van der Waals surface area (Å²) in [6, 6.07) is 7.19. The third kappa shape index (κ3) is 3.94. The highest BCUT2D eigenvalue weighted by atomic mass is 16.3. The van der Waals surface area contributed by atoms with Gasteiger partial charge in [-0.05, 0) is 30.5 Å². The van der Waals surface area contributed by atoms with E-state index in [1.165, 1.54) is 0 Å². The van der Waals surface area contributed by atoms with Crippen molar-refractivity contribution in [3.8, 4) is 5.75 Å². The molecule has 0 aliphatic carbocycles. The van der Waals surface area contributed by atoms with E-state index in [1.807, 2.05) is 12.1 Å². The highest BCUT2D eigenvalue weighted by Crippen LogP contribution is 2.10. The molecule has 74 valence electrons. The molecule has 0 amide bonds. The Labute approximate surface area is 85.4 Å². The van der Waals surface area contributed by atoms with Gasteiger partial charge in [-0.1, -0.05) is 43.4 Å². The summed E-state index contributed by atoms with van der Waals surface area (Å²) in [6.45, 7) is 2.13. The number of hydrogen-bond acceptors (Lipinski definition) is 1. The van der Waals surface area contributed by atoms with Crippen molar-refractivity contribution in [2.24, 2.45) is 0 Å². The van der Waals surface area contributed by atoms with E-state index in [2.05, 4.69) is 31.2 Å². The van der Waals surface area contributed by atoms with Crippen LogP contribution >= 0.6 is 0 Å². The van der Waals surface area contributed by atoms with Crippen LogP contribution in [0.15, 0.2) is 42.5 Å². The van der Waals surface area contributed by atoms with Gasteiger partial charge in [0, 0.05) is 0 Å². The van der Waals surface area contributed by atoms with E-state index < -0.39 is 0 Å². The van der Waals surface area contributed by atoms with Gasteiger partial charge in [-0.2, -0.15) is 0 Å². The minimum atomic E-state index is 0.313. The number of phenols is 1. The SMILES string of the molecule is CCC=CCC=Cc1ccc(O)cc1. The Morgan fingerprint density at radius 2 is 1.79 bits per heavy atom. The van der Waals surface area contributed by atoms with E-state index in [4.69, 9.17) is 5.11 Å². The summed E-state index contributed by atoms with van der Waals surface area (Å²) in [7, 11) is 0. The molecular formula is C13H16O. The summed E-state index contributed by atoms with van der Waals surface area (Å²) in [6.07, 6.45) is 10.5. The fourth-order valence-electron chi connectivity index (χ4n) is 1.13. The lowest BCUT2D eigenvalue weighted by molar-refractivity contribution is 0.475. The second kappa shape index (κ2) is 6.03. The van der Waals surface area contributed by atoms with Crippen LogP contribution in [0.4, 0.5) is 0 Å². The van der Waals surface area contributed by atoms with Crippen LogP contribution in [0.2, 0.25) is 0 Å². The van der Waals surface area contributed by atoms with Gasteiger partial charge in [-0.3, -0.25) is 0 Å². The number of phenolic OH excluding ortho intramolecular Hbond substituents is 1. The highest BCUT2D eigenvalue weighted by Gasteiger charge is 1.86. The zero-order valence-electron chi connectivity index (χ0n) is 8.48. The Hall–Kier alpha value is -1.50. The molecule has 0 bridgehead atoms. The van der Waals surface area contributed by atoms with E-state index in [1.54, 1.807) is 12.1 Å². The molecule has 1 rings (SSSR count).